The highest BCUT2D eigenvalue weighted by molar-refractivity contribution is 7.80. The molecule has 102 valence electrons. The third-order valence-corrected chi connectivity index (χ3v) is 3.72. The fraction of sp³-hybridized carbons (Fsp3) is 0.385. The molecular formula is C13H15FN2O2S. The molecule has 0 unspecified atom stereocenters. The molecular weight excluding hydrogens is 267 g/mol. The number of nitrogens with zero attached hydrogens (tertiary/aromatic N) is 1. The van der Waals surface area contributed by atoms with Gasteiger partial charge in [-0.1, -0.05) is 18.3 Å². The molecule has 1 aliphatic heterocycles. The van der Waals surface area contributed by atoms with Crippen LogP contribution in [-0.2, 0) is 0 Å². The molecule has 1 fully saturated rings. The van der Waals surface area contributed by atoms with E-state index < -0.39 is 11.7 Å². The lowest BCUT2D eigenvalue weighted by atomic mass is 9.96. The predicted octanol–water partition coefficient (Wildman–Crippen LogP) is 1.67. The number of aromatic hydroxyl groups is 1. The van der Waals surface area contributed by atoms with Gasteiger partial charge >= 0.3 is 0 Å². The van der Waals surface area contributed by atoms with E-state index in [0.29, 0.717) is 30.9 Å². The smallest absolute Gasteiger partial charge is 0.260 e. The van der Waals surface area contributed by atoms with Crippen LogP contribution in [0.4, 0.5) is 4.39 Å². The number of piperidine rings is 1. The van der Waals surface area contributed by atoms with Crippen molar-refractivity contribution in [2.45, 2.75) is 12.8 Å². The van der Waals surface area contributed by atoms with Crippen molar-refractivity contribution in [1.29, 1.82) is 0 Å². The number of hydrogen-bond donors (Lipinski definition) is 2. The molecule has 0 atom stereocenters. The first-order valence-corrected chi connectivity index (χ1v) is 6.47. The van der Waals surface area contributed by atoms with E-state index in [9.17, 15) is 14.3 Å². The van der Waals surface area contributed by atoms with E-state index in [-0.39, 0.29) is 17.2 Å². The summed E-state index contributed by atoms with van der Waals surface area (Å²) in [5.41, 5.74) is 5.31. The highest BCUT2D eigenvalue weighted by atomic mass is 32.1. The molecule has 0 aromatic heterocycles. The summed E-state index contributed by atoms with van der Waals surface area (Å²) in [5, 5.41) is 9.60. The van der Waals surface area contributed by atoms with Gasteiger partial charge in [0.25, 0.3) is 5.91 Å². The van der Waals surface area contributed by atoms with Crippen molar-refractivity contribution in [3.05, 3.63) is 29.6 Å². The zero-order chi connectivity index (χ0) is 14.0. The first-order valence-electron chi connectivity index (χ1n) is 6.06. The fourth-order valence-electron chi connectivity index (χ4n) is 2.25. The number of phenols is 1. The van der Waals surface area contributed by atoms with E-state index in [1.807, 2.05) is 0 Å². The van der Waals surface area contributed by atoms with E-state index >= 15 is 0 Å². The molecule has 1 aromatic carbocycles. The number of benzene rings is 1. The van der Waals surface area contributed by atoms with Crippen LogP contribution >= 0.6 is 12.2 Å². The molecule has 1 saturated heterocycles. The number of halogens is 1. The number of phenolic OH excluding ortho intramolecular Hbond substituents is 1. The van der Waals surface area contributed by atoms with Crippen LogP contribution in [0.3, 0.4) is 0 Å². The van der Waals surface area contributed by atoms with Crippen molar-refractivity contribution in [3.63, 3.8) is 0 Å². The van der Waals surface area contributed by atoms with E-state index in [2.05, 4.69) is 0 Å². The number of thiocarbonyl (C=S) groups is 1. The van der Waals surface area contributed by atoms with E-state index in [4.69, 9.17) is 18.0 Å². The minimum absolute atomic E-state index is 0.133. The second-order valence-corrected chi connectivity index (χ2v) is 5.07. The third kappa shape index (κ3) is 2.84. The van der Waals surface area contributed by atoms with Crippen LogP contribution in [0, 0.1) is 11.7 Å². The summed E-state index contributed by atoms with van der Waals surface area (Å²) < 4.78 is 13.6. The largest absolute Gasteiger partial charge is 0.507 e. The van der Waals surface area contributed by atoms with Gasteiger partial charge in [-0.15, -0.1) is 0 Å². The molecule has 6 heteroatoms. The van der Waals surface area contributed by atoms with Gasteiger partial charge in [-0.3, -0.25) is 4.79 Å². The lowest BCUT2D eigenvalue weighted by Crippen LogP contribution is -2.41. The van der Waals surface area contributed by atoms with Crippen molar-refractivity contribution in [2.24, 2.45) is 11.7 Å². The van der Waals surface area contributed by atoms with Crippen LogP contribution in [0.15, 0.2) is 18.2 Å². The molecule has 2 rings (SSSR count). The number of nitrogens with two attached hydrogens (primary N) is 1. The molecule has 1 amide bonds. The van der Waals surface area contributed by atoms with Crippen molar-refractivity contribution < 1.29 is 14.3 Å². The van der Waals surface area contributed by atoms with E-state index in [0.717, 1.165) is 6.07 Å². The normalized spacial score (nSPS) is 16.4. The van der Waals surface area contributed by atoms with Crippen molar-refractivity contribution >= 4 is 23.1 Å². The number of carbonyl (C=O) groups excluding carboxylic acids is 1. The summed E-state index contributed by atoms with van der Waals surface area (Å²) in [5.74, 6) is -1.40. The molecule has 1 aliphatic rings. The summed E-state index contributed by atoms with van der Waals surface area (Å²) in [4.78, 5) is 14.2. The molecule has 0 bridgehead atoms. The minimum atomic E-state index is -0.707. The second kappa shape index (κ2) is 5.52. The Morgan fingerprint density at radius 1 is 1.42 bits per heavy atom. The summed E-state index contributed by atoms with van der Waals surface area (Å²) in [6.07, 6.45) is 1.35. The van der Waals surface area contributed by atoms with Crippen LogP contribution in [0.2, 0.25) is 0 Å². The van der Waals surface area contributed by atoms with Crippen LogP contribution in [0.1, 0.15) is 23.2 Å². The number of amides is 1. The van der Waals surface area contributed by atoms with Crippen LogP contribution in [0.25, 0.3) is 0 Å². The summed E-state index contributed by atoms with van der Waals surface area (Å²) in [7, 11) is 0. The van der Waals surface area contributed by atoms with E-state index in [1.165, 1.54) is 17.0 Å². The molecule has 0 spiro atoms. The van der Waals surface area contributed by atoms with Crippen LogP contribution in [-0.4, -0.2) is 34.0 Å². The Hall–Kier alpha value is -1.69. The first kappa shape index (κ1) is 13.7. The van der Waals surface area contributed by atoms with Gasteiger partial charge in [0.1, 0.15) is 17.1 Å². The molecule has 4 nitrogen and oxygen atoms in total. The van der Waals surface area contributed by atoms with Gasteiger partial charge in [0.05, 0.1) is 4.99 Å². The Morgan fingerprint density at radius 3 is 2.58 bits per heavy atom. The number of rotatable bonds is 2. The Kier molecular flexibility index (Phi) is 3.99. The Morgan fingerprint density at radius 2 is 2.05 bits per heavy atom. The maximum Gasteiger partial charge on any atom is 0.260 e. The molecule has 19 heavy (non-hydrogen) atoms. The SMILES string of the molecule is NC(=S)C1CCN(C(=O)c2c(O)cccc2F)CC1. The summed E-state index contributed by atoms with van der Waals surface area (Å²) in [6.45, 7) is 0.934. The third-order valence-electron chi connectivity index (χ3n) is 3.39. The molecule has 1 aromatic rings. The quantitative estimate of drug-likeness (QED) is 0.810. The van der Waals surface area contributed by atoms with Gasteiger partial charge in [0, 0.05) is 19.0 Å². The van der Waals surface area contributed by atoms with Crippen LogP contribution in [0.5, 0.6) is 5.75 Å². The zero-order valence-electron chi connectivity index (χ0n) is 10.3. The molecule has 3 N–H and O–H groups in total. The van der Waals surface area contributed by atoms with Crippen molar-refractivity contribution in [1.82, 2.24) is 4.90 Å². The zero-order valence-corrected chi connectivity index (χ0v) is 11.1. The average Bonchev–Trinajstić information content (AvgIpc) is 2.38. The van der Waals surface area contributed by atoms with Gasteiger partial charge < -0.3 is 15.7 Å². The highest BCUT2D eigenvalue weighted by Crippen LogP contribution is 2.25. The number of hydrogen-bond acceptors (Lipinski definition) is 3. The number of carbonyl (C=O) groups is 1. The fourth-order valence-corrected chi connectivity index (χ4v) is 2.49. The predicted molar refractivity (Wildman–Crippen MR) is 73.5 cm³/mol. The molecule has 0 aliphatic carbocycles. The topological polar surface area (TPSA) is 66.6 Å². The van der Waals surface area contributed by atoms with Gasteiger partial charge in [-0.05, 0) is 25.0 Å². The van der Waals surface area contributed by atoms with Crippen molar-refractivity contribution in [3.8, 4) is 5.75 Å². The van der Waals surface area contributed by atoms with Gasteiger partial charge in [0.15, 0.2) is 0 Å². The highest BCUT2D eigenvalue weighted by Gasteiger charge is 2.27. The summed E-state index contributed by atoms with van der Waals surface area (Å²) >= 11 is 4.93. The maximum atomic E-state index is 13.6. The van der Waals surface area contributed by atoms with Gasteiger partial charge in [-0.25, -0.2) is 4.39 Å². The van der Waals surface area contributed by atoms with Crippen LogP contribution < -0.4 is 5.73 Å². The van der Waals surface area contributed by atoms with E-state index in [1.54, 1.807) is 0 Å². The first-order chi connectivity index (χ1) is 9.00. The Bertz CT molecular complexity index is 493. The lowest BCUT2D eigenvalue weighted by Gasteiger charge is -2.31. The second-order valence-electron chi connectivity index (χ2n) is 4.60. The minimum Gasteiger partial charge on any atom is -0.507 e. The van der Waals surface area contributed by atoms with Gasteiger partial charge in [-0.2, -0.15) is 0 Å². The monoisotopic (exact) mass is 282 g/mol. The Labute approximate surface area is 116 Å². The average molecular weight is 282 g/mol. The maximum absolute atomic E-state index is 13.6. The molecule has 1 heterocycles. The Balaban J connectivity index is 2.12. The molecule has 0 saturated carbocycles. The molecule has 0 radical (unpaired) electrons. The van der Waals surface area contributed by atoms with Gasteiger partial charge in [0.2, 0.25) is 0 Å². The number of likely N-dealkylation sites (tertiary alicyclic amines) is 1. The standard InChI is InChI=1S/C13H15FN2O2S/c14-9-2-1-3-10(17)11(9)13(18)16-6-4-8(5-7-16)12(15)19/h1-3,8,17H,4-7H2,(H2,15,19). The van der Waals surface area contributed by atoms with Crippen molar-refractivity contribution in [2.75, 3.05) is 13.1 Å². The summed E-state index contributed by atoms with van der Waals surface area (Å²) in [6, 6.07) is 3.83. The lowest BCUT2D eigenvalue weighted by molar-refractivity contribution is 0.0702.